The van der Waals surface area contributed by atoms with Crippen LogP contribution in [0.2, 0.25) is 0 Å². The number of hydrogen-bond donors (Lipinski definition) is 0. The van der Waals surface area contributed by atoms with Crippen LogP contribution < -0.4 is 0 Å². The highest BCUT2D eigenvalue weighted by molar-refractivity contribution is 8.00. The summed E-state index contributed by atoms with van der Waals surface area (Å²) < 4.78 is 35.8. The van der Waals surface area contributed by atoms with Crippen molar-refractivity contribution in [2.24, 2.45) is 0 Å². The molecule has 0 saturated carbocycles. The van der Waals surface area contributed by atoms with Gasteiger partial charge in [0.15, 0.2) is 5.58 Å². The molecule has 0 aliphatic carbocycles. The highest BCUT2D eigenvalue weighted by Gasteiger charge is 2.29. The van der Waals surface area contributed by atoms with Crippen LogP contribution in [0, 0.1) is 0 Å². The van der Waals surface area contributed by atoms with Crippen molar-refractivity contribution in [2.45, 2.75) is 21.8 Å². The summed E-state index contributed by atoms with van der Waals surface area (Å²) in [6.07, 6.45) is 0.614. The molecule has 0 radical (unpaired) electrons. The Hall–Kier alpha value is -1.58. The third-order valence-corrected chi connectivity index (χ3v) is 6.15. The van der Waals surface area contributed by atoms with Crippen molar-refractivity contribution in [1.29, 1.82) is 0 Å². The summed E-state index contributed by atoms with van der Waals surface area (Å²) in [6, 6.07) is 4.50. The highest BCUT2D eigenvalue weighted by Crippen LogP contribution is 2.32. The number of nitrogens with zero attached hydrogens (tertiary/aromatic N) is 2. The van der Waals surface area contributed by atoms with Gasteiger partial charge in [0.25, 0.3) is 5.22 Å². The topological polar surface area (TPSA) is 89.7 Å². The maximum atomic E-state index is 12.1. The van der Waals surface area contributed by atoms with Gasteiger partial charge in [-0.25, -0.2) is 17.7 Å². The van der Waals surface area contributed by atoms with E-state index in [1.807, 2.05) is 0 Å². The molecule has 2 heterocycles. The van der Waals surface area contributed by atoms with Crippen LogP contribution in [0.25, 0.3) is 11.1 Å². The van der Waals surface area contributed by atoms with Gasteiger partial charge in [0.2, 0.25) is 10.0 Å². The maximum Gasteiger partial charge on any atom is 0.319 e. The number of sulfonamides is 1. The number of oxazole rings is 1. The van der Waals surface area contributed by atoms with Gasteiger partial charge in [0.05, 0.1) is 11.5 Å². The Labute approximate surface area is 131 Å². The molecule has 3 rings (SSSR count). The molecule has 1 aliphatic heterocycles. The van der Waals surface area contributed by atoms with Gasteiger partial charge in [-0.1, -0.05) is 11.8 Å². The fraction of sp³-hybridized carbons (Fsp3) is 0.385. The van der Waals surface area contributed by atoms with Crippen molar-refractivity contribution < 1.29 is 22.4 Å². The molecule has 1 atom stereocenters. The third-order valence-electron chi connectivity index (χ3n) is 3.25. The quantitative estimate of drug-likeness (QED) is 0.778. The molecule has 1 saturated heterocycles. The lowest BCUT2D eigenvalue weighted by molar-refractivity contribution is -0.137. The first-order valence-electron chi connectivity index (χ1n) is 6.54. The van der Waals surface area contributed by atoms with Gasteiger partial charge in [0.1, 0.15) is 10.8 Å². The summed E-state index contributed by atoms with van der Waals surface area (Å²) in [5, 5.41) is 0.0105. The SMILES string of the molecule is CN(C)S(=O)(=O)c1ccc2oc(S[C@@H]3CCOC3=O)nc2c1. The minimum Gasteiger partial charge on any atom is -0.465 e. The molecule has 9 heteroatoms. The number of rotatable bonds is 4. The Balaban J connectivity index is 1.92. The summed E-state index contributed by atoms with van der Waals surface area (Å²) >= 11 is 1.19. The first-order valence-corrected chi connectivity index (χ1v) is 8.86. The lowest BCUT2D eigenvalue weighted by atomic mass is 10.3. The van der Waals surface area contributed by atoms with Crippen LogP contribution in [0.4, 0.5) is 0 Å². The molecule has 0 spiro atoms. The lowest BCUT2D eigenvalue weighted by Gasteiger charge is -2.10. The maximum absolute atomic E-state index is 12.1. The average Bonchev–Trinajstić information content (AvgIpc) is 3.04. The van der Waals surface area contributed by atoms with Crippen LogP contribution in [0.15, 0.2) is 32.7 Å². The molecule has 1 aliphatic rings. The molecule has 0 amide bonds. The molecule has 7 nitrogen and oxygen atoms in total. The zero-order valence-corrected chi connectivity index (χ0v) is 13.6. The molecule has 2 aromatic rings. The van der Waals surface area contributed by atoms with Crippen molar-refractivity contribution in [3.8, 4) is 0 Å². The number of benzene rings is 1. The minimum atomic E-state index is -3.52. The number of ether oxygens (including phenoxy) is 1. The van der Waals surface area contributed by atoms with E-state index in [4.69, 9.17) is 9.15 Å². The molecule has 0 unspecified atom stereocenters. The Kier molecular flexibility index (Phi) is 3.87. The second-order valence-corrected chi connectivity index (χ2v) is 8.27. The molecule has 22 heavy (non-hydrogen) atoms. The van der Waals surface area contributed by atoms with Gasteiger partial charge >= 0.3 is 5.97 Å². The highest BCUT2D eigenvalue weighted by atomic mass is 32.2. The van der Waals surface area contributed by atoms with E-state index in [0.29, 0.717) is 29.4 Å². The number of aromatic nitrogens is 1. The van der Waals surface area contributed by atoms with Crippen molar-refractivity contribution in [3.63, 3.8) is 0 Å². The summed E-state index contributed by atoms with van der Waals surface area (Å²) in [7, 11) is -0.584. The van der Waals surface area contributed by atoms with E-state index >= 15 is 0 Å². The van der Waals surface area contributed by atoms with Crippen LogP contribution in [-0.2, 0) is 19.6 Å². The summed E-state index contributed by atoms with van der Waals surface area (Å²) in [4.78, 5) is 15.9. The van der Waals surface area contributed by atoms with Crippen molar-refractivity contribution in [3.05, 3.63) is 18.2 Å². The van der Waals surface area contributed by atoms with Crippen LogP contribution >= 0.6 is 11.8 Å². The summed E-state index contributed by atoms with van der Waals surface area (Å²) in [5.74, 6) is -0.275. The minimum absolute atomic E-state index is 0.148. The molecule has 1 aromatic heterocycles. The first kappa shape index (κ1) is 15.3. The summed E-state index contributed by atoms with van der Waals surface area (Å²) in [5.41, 5.74) is 0.920. The fourth-order valence-electron chi connectivity index (χ4n) is 2.01. The molecule has 0 bridgehead atoms. The van der Waals surface area contributed by atoms with E-state index in [1.54, 1.807) is 6.07 Å². The third kappa shape index (κ3) is 2.71. The van der Waals surface area contributed by atoms with Crippen molar-refractivity contribution in [2.75, 3.05) is 20.7 Å². The van der Waals surface area contributed by atoms with Gasteiger partial charge in [-0.3, -0.25) is 4.79 Å². The predicted octanol–water partition coefficient (Wildman–Crippen LogP) is 1.49. The Bertz CT molecular complexity index is 828. The average molecular weight is 342 g/mol. The van der Waals surface area contributed by atoms with Crippen LogP contribution in [0.1, 0.15) is 6.42 Å². The second-order valence-electron chi connectivity index (χ2n) is 4.96. The van der Waals surface area contributed by atoms with Crippen molar-refractivity contribution >= 4 is 38.9 Å². The number of fused-ring (bicyclic) bond motifs is 1. The van der Waals surface area contributed by atoms with E-state index in [2.05, 4.69) is 4.98 Å². The molecule has 118 valence electrons. The van der Waals surface area contributed by atoms with Crippen LogP contribution in [0.3, 0.4) is 0 Å². The zero-order chi connectivity index (χ0) is 15.9. The largest absolute Gasteiger partial charge is 0.465 e. The van der Waals surface area contributed by atoms with E-state index in [0.717, 1.165) is 4.31 Å². The number of thioether (sulfide) groups is 1. The van der Waals surface area contributed by atoms with E-state index < -0.39 is 10.0 Å². The normalized spacial score (nSPS) is 19.0. The van der Waals surface area contributed by atoms with Gasteiger partial charge in [0, 0.05) is 20.5 Å². The number of carbonyl (C=O) groups is 1. The zero-order valence-electron chi connectivity index (χ0n) is 12.0. The fourth-order valence-corrected chi connectivity index (χ4v) is 3.85. The van der Waals surface area contributed by atoms with E-state index in [-0.39, 0.29) is 16.1 Å². The van der Waals surface area contributed by atoms with Gasteiger partial charge in [-0.2, -0.15) is 0 Å². The molecule has 0 N–H and O–H groups in total. The van der Waals surface area contributed by atoms with Gasteiger partial charge in [-0.15, -0.1) is 0 Å². The smallest absolute Gasteiger partial charge is 0.319 e. The summed E-state index contributed by atoms with van der Waals surface area (Å²) in [6.45, 7) is 0.405. The van der Waals surface area contributed by atoms with Gasteiger partial charge in [-0.05, 0) is 18.2 Å². The standard InChI is InChI=1S/C13H14N2O5S2/c1-15(2)22(17,18)8-3-4-10-9(7-8)14-13(20-10)21-11-5-6-19-12(11)16/h3-4,7,11H,5-6H2,1-2H3/t11-/m1/s1. The lowest BCUT2D eigenvalue weighted by Crippen LogP contribution is -2.22. The number of carbonyl (C=O) groups excluding carboxylic acids is 1. The number of hydrogen-bond acceptors (Lipinski definition) is 7. The van der Waals surface area contributed by atoms with Gasteiger partial charge < -0.3 is 9.15 Å². The van der Waals surface area contributed by atoms with Crippen LogP contribution in [0.5, 0.6) is 0 Å². The van der Waals surface area contributed by atoms with E-state index in [1.165, 1.54) is 38.0 Å². The molecule has 1 fully saturated rings. The Morgan fingerprint density at radius 1 is 1.36 bits per heavy atom. The first-order chi connectivity index (χ1) is 10.4. The monoisotopic (exact) mass is 342 g/mol. The Morgan fingerprint density at radius 3 is 2.77 bits per heavy atom. The van der Waals surface area contributed by atoms with Crippen molar-refractivity contribution in [1.82, 2.24) is 9.29 Å². The predicted molar refractivity (Wildman–Crippen MR) is 80.1 cm³/mol. The molecular weight excluding hydrogens is 328 g/mol. The second kappa shape index (κ2) is 5.56. The van der Waals surface area contributed by atoms with E-state index in [9.17, 15) is 13.2 Å². The molecule has 1 aromatic carbocycles. The van der Waals surface area contributed by atoms with Crippen LogP contribution in [-0.4, -0.2) is 49.6 Å². The number of esters is 1. The number of cyclic esters (lactones) is 1. The Morgan fingerprint density at radius 2 is 2.14 bits per heavy atom. The molecular formula is C13H14N2O5S2.